The molecule has 0 aromatic heterocycles. The maximum Gasteiger partial charge on any atom is 0.573 e. The number of hydrogen-bond donors (Lipinski definition) is 2. The lowest BCUT2D eigenvalue weighted by Gasteiger charge is -2.19. The van der Waals surface area contributed by atoms with Crippen molar-refractivity contribution in [3.63, 3.8) is 0 Å². The van der Waals surface area contributed by atoms with Crippen LogP contribution in [0.2, 0.25) is 0 Å². The van der Waals surface area contributed by atoms with Crippen molar-refractivity contribution in [3.8, 4) is 16.9 Å². The number of fused-ring (bicyclic) bond motifs is 2. The van der Waals surface area contributed by atoms with Gasteiger partial charge >= 0.3 is 12.5 Å². The van der Waals surface area contributed by atoms with Gasteiger partial charge in [0.05, 0.1) is 0 Å². The highest BCUT2D eigenvalue weighted by atomic mass is 79.9. The van der Waals surface area contributed by atoms with E-state index in [0.29, 0.717) is 21.4 Å². The Morgan fingerprint density at radius 3 is 1.82 bits per heavy atom. The number of carboxylic acid groups (broad SMARTS) is 1. The van der Waals surface area contributed by atoms with Gasteiger partial charge in [0.1, 0.15) is 5.75 Å². The van der Waals surface area contributed by atoms with Crippen LogP contribution in [0, 0.1) is 0 Å². The third-order valence-electron chi connectivity index (χ3n) is 4.76. The lowest BCUT2D eigenvalue weighted by atomic mass is 9.93. The number of ether oxygens (including phenoxy) is 1. The first kappa shape index (κ1) is 26.2. The molecular formula is C24H18Br2F3NO3S. The molecule has 0 saturated heterocycles. The Kier molecular flexibility index (Phi) is 8.05. The van der Waals surface area contributed by atoms with E-state index in [4.69, 9.17) is 5.11 Å². The fourth-order valence-electron chi connectivity index (χ4n) is 3.30. The third-order valence-corrected chi connectivity index (χ3v) is 6.12. The molecule has 0 heterocycles. The van der Waals surface area contributed by atoms with Crippen LogP contribution in [0.25, 0.3) is 32.7 Å². The van der Waals surface area contributed by atoms with E-state index in [-0.39, 0.29) is 5.75 Å². The highest BCUT2D eigenvalue weighted by Gasteiger charge is 2.33. The SMILES string of the molecule is CN(C)C(=O)O.FC(F)(F)Oc1ccc2cc(Br)ccc2c1-c1c(S)ccc2cc(Br)ccc12. The first-order valence-corrected chi connectivity index (χ1v) is 11.7. The summed E-state index contributed by atoms with van der Waals surface area (Å²) in [6.07, 6.45) is -5.71. The summed E-state index contributed by atoms with van der Waals surface area (Å²) in [5, 5.41) is 11.0. The van der Waals surface area contributed by atoms with Crippen molar-refractivity contribution < 1.29 is 27.8 Å². The summed E-state index contributed by atoms with van der Waals surface area (Å²) < 4.78 is 45.5. The monoisotopic (exact) mass is 615 g/mol. The molecule has 178 valence electrons. The van der Waals surface area contributed by atoms with E-state index < -0.39 is 12.5 Å². The van der Waals surface area contributed by atoms with Crippen LogP contribution in [0.5, 0.6) is 5.75 Å². The van der Waals surface area contributed by atoms with Gasteiger partial charge < -0.3 is 14.7 Å². The summed E-state index contributed by atoms with van der Waals surface area (Å²) in [6.45, 7) is 0. The average molecular weight is 617 g/mol. The predicted octanol–water partition coefficient (Wildman–Crippen LogP) is 8.60. The number of alkyl halides is 3. The van der Waals surface area contributed by atoms with E-state index in [1.165, 1.54) is 20.2 Å². The molecule has 0 aliphatic rings. The molecule has 4 aromatic carbocycles. The van der Waals surface area contributed by atoms with Crippen LogP contribution in [-0.2, 0) is 0 Å². The average Bonchev–Trinajstić information content (AvgIpc) is 2.73. The highest BCUT2D eigenvalue weighted by Crippen LogP contribution is 2.45. The maximum atomic E-state index is 13.1. The molecule has 0 bridgehead atoms. The molecule has 10 heteroatoms. The second kappa shape index (κ2) is 10.5. The van der Waals surface area contributed by atoms with Gasteiger partial charge in [-0.1, -0.05) is 56.1 Å². The molecule has 0 atom stereocenters. The highest BCUT2D eigenvalue weighted by molar-refractivity contribution is 9.10. The molecule has 1 amide bonds. The topological polar surface area (TPSA) is 49.8 Å². The zero-order chi connectivity index (χ0) is 25.2. The number of rotatable bonds is 2. The van der Waals surface area contributed by atoms with Crippen molar-refractivity contribution >= 4 is 72.1 Å². The van der Waals surface area contributed by atoms with Crippen LogP contribution in [0.3, 0.4) is 0 Å². The van der Waals surface area contributed by atoms with Gasteiger partial charge in [-0.3, -0.25) is 0 Å². The summed E-state index contributed by atoms with van der Waals surface area (Å²) in [6, 6.07) is 17.7. The number of thiol groups is 1. The van der Waals surface area contributed by atoms with Crippen molar-refractivity contribution in [2.75, 3.05) is 14.1 Å². The Morgan fingerprint density at radius 1 is 0.882 bits per heavy atom. The number of amides is 1. The molecule has 34 heavy (non-hydrogen) atoms. The van der Waals surface area contributed by atoms with E-state index in [1.54, 1.807) is 24.3 Å². The fraction of sp³-hybridized carbons (Fsp3) is 0.125. The molecule has 0 aliphatic carbocycles. The standard InChI is InChI=1S/C21H11Br2F3OS.C3H7NO2/c22-13-3-5-15-11(9-13)1-7-17(27-21(24,25)26)19(15)20-16-6-4-14(23)10-12(16)2-8-18(20)28;1-4(2)3(5)6/h1-10,28H;1-2H3,(H,5,6). The summed E-state index contributed by atoms with van der Waals surface area (Å²) in [5.74, 6) is -0.256. The van der Waals surface area contributed by atoms with Crippen molar-refractivity contribution in [2.45, 2.75) is 11.3 Å². The Balaban J connectivity index is 0.000000481. The van der Waals surface area contributed by atoms with Crippen LogP contribution in [0.1, 0.15) is 0 Å². The Hall–Kier alpha value is -2.43. The van der Waals surface area contributed by atoms with Gasteiger partial charge in [-0.05, 0) is 57.9 Å². The van der Waals surface area contributed by atoms with Crippen LogP contribution in [-0.4, -0.2) is 36.6 Å². The molecule has 0 saturated carbocycles. The molecule has 0 aliphatic heterocycles. The fourth-order valence-corrected chi connectivity index (χ4v) is 4.36. The first-order chi connectivity index (χ1) is 15.9. The second-order valence-corrected chi connectivity index (χ2v) is 9.67. The molecule has 4 rings (SSSR count). The minimum absolute atomic E-state index is 0.256. The van der Waals surface area contributed by atoms with Gasteiger partial charge in [-0.15, -0.1) is 25.8 Å². The number of carbonyl (C=O) groups is 1. The van der Waals surface area contributed by atoms with Crippen LogP contribution < -0.4 is 4.74 Å². The largest absolute Gasteiger partial charge is 0.573 e. The van der Waals surface area contributed by atoms with Crippen molar-refractivity contribution in [3.05, 3.63) is 69.6 Å². The first-order valence-electron chi connectivity index (χ1n) is 9.67. The lowest BCUT2D eigenvalue weighted by Crippen LogP contribution is -2.18. The maximum absolute atomic E-state index is 13.1. The zero-order valence-electron chi connectivity index (χ0n) is 17.8. The van der Waals surface area contributed by atoms with Crippen molar-refractivity contribution in [1.29, 1.82) is 0 Å². The van der Waals surface area contributed by atoms with Crippen LogP contribution >= 0.6 is 44.5 Å². The van der Waals surface area contributed by atoms with Gasteiger partial charge in [0, 0.05) is 39.1 Å². The summed E-state index contributed by atoms with van der Waals surface area (Å²) in [7, 11) is 2.95. The van der Waals surface area contributed by atoms with Gasteiger partial charge in [0.25, 0.3) is 0 Å². The summed E-state index contributed by atoms with van der Waals surface area (Å²) >= 11 is 11.4. The molecule has 0 unspecified atom stereocenters. The molecule has 0 fully saturated rings. The van der Waals surface area contributed by atoms with Gasteiger partial charge in [0.2, 0.25) is 0 Å². The lowest BCUT2D eigenvalue weighted by molar-refractivity contribution is -0.274. The van der Waals surface area contributed by atoms with E-state index in [2.05, 4.69) is 49.2 Å². The normalized spacial score (nSPS) is 11.2. The second-order valence-electron chi connectivity index (χ2n) is 7.35. The number of halogens is 5. The van der Waals surface area contributed by atoms with E-state index in [0.717, 1.165) is 30.0 Å². The number of benzene rings is 4. The molecule has 4 nitrogen and oxygen atoms in total. The Labute approximate surface area is 216 Å². The predicted molar refractivity (Wildman–Crippen MR) is 138 cm³/mol. The minimum Gasteiger partial charge on any atom is -0.465 e. The molecule has 0 spiro atoms. The summed E-state index contributed by atoms with van der Waals surface area (Å²) in [4.78, 5) is 11.3. The van der Waals surface area contributed by atoms with Crippen molar-refractivity contribution in [2.24, 2.45) is 0 Å². The van der Waals surface area contributed by atoms with E-state index >= 15 is 0 Å². The molecule has 0 radical (unpaired) electrons. The smallest absolute Gasteiger partial charge is 0.465 e. The Bertz CT molecular complexity index is 1380. The zero-order valence-corrected chi connectivity index (χ0v) is 21.9. The summed E-state index contributed by atoms with van der Waals surface area (Å²) in [5.41, 5.74) is 0.959. The Morgan fingerprint density at radius 2 is 1.35 bits per heavy atom. The van der Waals surface area contributed by atoms with Crippen LogP contribution in [0.15, 0.2) is 74.5 Å². The van der Waals surface area contributed by atoms with Gasteiger partial charge in [-0.25, -0.2) is 4.79 Å². The van der Waals surface area contributed by atoms with E-state index in [9.17, 15) is 18.0 Å². The third kappa shape index (κ3) is 6.17. The molecule has 1 N–H and O–H groups in total. The van der Waals surface area contributed by atoms with Gasteiger partial charge in [0.15, 0.2) is 0 Å². The number of nitrogens with zero attached hydrogens (tertiary/aromatic N) is 1. The number of hydrogen-bond acceptors (Lipinski definition) is 3. The minimum atomic E-state index is -4.80. The quantitative estimate of drug-likeness (QED) is 0.222. The van der Waals surface area contributed by atoms with Crippen molar-refractivity contribution in [1.82, 2.24) is 4.90 Å². The van der Waals surface area contributed by atoms with Gasteiger partial charge in [-0.2, -0.15) is 0 Å². The van der Waals surface area contributed by atoms with Crippen LogP contribution in [0.4, 0.5) is 18.0 Å². The van der Waals surface area contributed by atoms with E-state index in [1.807, 2.05) is 30.3 Å². The molecule has 4 aromatic rings. The molecular weight excluding hydrogens is 599 g/mol.